The minimum Gasteiger partial charge on any atom is -0.325 e. The van der Waals surface area contributed by atoms with Crippen LogP contribution in [0.5, 0.6) is 0 Å². The van der Waals surface area contributed by atoms with Crippen LogP contribution in [0.1, 0.15) is 41.9 Å². The van der Waals surface area contributed by atoms with Gasteiger partial charge in [0.05, 0.1) is 6.04 Å². The molecule has 0 unspecified atom stereocenters. The number of carbonyl (C=O) groups is 1. The van der Waals surface area contributed by atoms with Gasteiger partial charge in [0.25, 0.3) is 0 Å². The summed E-state index contributed by atoms with van der Waals surface area (Å²) in [6, 6.07) is 11.7. The molecule has 6 nitrogen and oxygen atoms in total. The van der Waals surface area contributed by atoms with E-state index in [1.54, 1.807) is 12.1 Å². The molecule has 2 aromatic carbocycles. The Morgan fingerprint density at radius 1 is 1.20 bits per heavy atom. The zero-order valence-electron chi connectivity index (χ0n) is 17.1. The lowest BCUT2D eigenvalue weighted by Crippen LogP contribution is -2.41. The van der Waals surface area contributed by atoms with Crippen molar-refractivity contribution in [1.82, 2.24) is 14.9 Å². The second kappa shape index (κ2) is 8.47. The molecule has 0 fully saturated rings. The third-order valence-corrected chi connectivity index (χ3v) is 6.54. The number of nitrogens with zero attached hydrogens (tertiary/aromatic N) is 3. The molecule has 4 rings (SSSR count). The molecule has 1 aliphatic rings. The van der Waals surface area contributed by atoms with E-state index in [0.29, 0.717) is 5.16 Å². The summed E-state index contributed by atoms with van der Waals surface area (Å²) in [5.74, 6) is 0.373. The van der Waals surface area contributed by atoms with Crippen LogP contribution in [0.15, 0.2) is 47.6 Å². The average molecular weight is 426 g/mol. The number of halogens is 1. The Hall–Kier alpha value is -2.87. The Bertz CT molecular complexity index is 1070. The highest BCUT2D eigenvalue weighted by molar-refractivity contribution is 8.00. The van der Waals surface area contributed by atoms with Crippen LogP contribution >= 0.6 is 11.8 Å². The van der Waals surface area contributed by atoms with Crippen molar-refractivity contribution < 1.29 is 9.18 Å². The van der Waals surface area contributed by atoms with Crippen molar-refractivity contribution in [3.05, 3.63) is 70.8 Å². The van der Waals surface area contributed by atoms with Crippen LogP contribution in [-0.2, 0) is 11.2 Å². The highest BCUT2D eigenvalue weighted by Gasteiger charge is 2.37. The van der Waals surface area contributed by atoms with Crippen molar-refractivity contribution in [2.75, 3.05) is 10.7 Å². The number of fused-ring (bicyclic) bond motifs is 1. The van der Waals surface area contributed by atoms with Crippen molar-refractivity contribution in [2.45, 2.75) is 50.1 Å². The Kier molecular flexibility index (Phi) is 5.76. The van der Waals surface area contributed by atoms with E-state index in [1.165, 1.54) is 23.9 Å². The molecule has 1 amide bonds. The van der Waals surface area contributed by atoms with Crippen LogP contribution in [0.25, 0.3) is 0 Å². The molecular weight excluding hydrogens is 401 g/mol. The minimum absolute atomic E-state index is 0.137. The Morgan fingerprint density at radius 2 is 1.97 bits per heavy atom. The largest absolute Gasteiger partial charge is 0.325 e. The van der Waals surface area contributed by atoms with E-state index >= 15 is 0 Å². The van der Waals surface area contributed by atoms with Crippen molar-refractivity contribution in [2.24, 2.45) is 0 Å². The van der Waals surface area contributed by atoms with Gasteiger partial charge in [-0.3, -0.25) is 4.79 Å². The molecule has 2 atom stereocenters. The van der Waals surface area contributed by atoms with Gasteiger partial charge in [-0.05, 0) is 55.2 Å². The number of thioether (sulfide) groups is 1. The number of aromatic nitrogens is 3. The fraction of sp³-hybridized carbons (Fsp3) is 0.318. The topological polar surface area (TPSA) is 71.8 Å². The summed E-state index contributed by atoms with van der Waals surface area (Å²) in [7, 11) is 0. The van der Waals surface area contributed by atoms with Crippen molar-refractivity contribution in [3.63, 3.8) is 0 Å². The highest BCUT2D eigenvalue weighted by atomic mass is 32.2. The van der Waals surface area contributed by atoms with E-state index in [-0.39, 0.29) is 17.8 Å². The molecule has 0 spiro atoms. The lowest BCUT2D eigenvalue weighted by Gasteiger charge is -2.33. The van der Waals surface area contributed by atoms with Crippen molar-refractivity contribution in [3.8, 4) is 0 Å². The number of hydrogen-bond acceptors (Lipinski definition) is 5. The standard InChI is InChI=1S/C22H24FN5OS/c1-4-6-18-25-26-22-28(18)27-19(15-9-11-16(23)12-10-15)20(30-22)21(29)24-17-8-5-7-13(2)14(17)3/h5,7-12,19-20,27H,4,6H2,1-3H3,(H,24,29)/t19-,20-/m0/s1. The molecule has 1 aromatic heterocycles. The lowest BCUT2D eigenvalue weighted by atomic mass is 10.0. The van der Waals surface area contributed by atoms with E-state index in [2.05, 4.69) is 27.9 Å². The normalized spacial score (nSPS) is 17.9. The van der Waals surface area contributed by atoms with E-state index in [4.69, 9.17) is 0 Å². The first kappa shape index (κ1) is 20.4. The smallest absolute Gasteiger partial charge is 0.240 e. The zero-order chi connectivity index (χ0) is 21.3. The van der Waals surface area contributed by atoms with Gasteiger partial charge in [0.2, 0.25) is 11.1 Å². The summed E-state index contributed by atoms with van der Waals surface area (Å²) < 4.78 is 15.4. The van der Waals surface area contributed by atoms with Crippen LogP contribution in [0.2, 0.25) is 0 Å². The van der Waals surface area contributed by atoms with Crippen LogP contribution < -0.4 is 10.7 Å². The van der Waals surface area contributed by atoms with Gasteiger partial charge in [-0.1, -0.05) is 43.0 Å². The lowest BCUT2D eigenvalue weighted by molar-refractivity contribution is -0.116. The zero-order valence-corrected chi connectivity index (χ0v) is 18.0. The van der Waals surface area contributed by atoms with Crippen molar-refractivity contribution >= 4 is 23.4 Å². The molecule has 156 valence electrons. The quantitative estimate of drug-likeness (QED) is 0.635. The second-order valence-electron chi connectivity index (χ2n) is 7.42. The number of hydrogen-bond donors (Lipinski definition) is 2. The molecule has 0 radical (unpaired) electrons. The first-order chi connectivity index (χ1) is 14.5. The number of aryl methyl sites for hydroxylation is 2. The summed E-state index contributed by atoms with van der Waals surface area (Å²) in [5.41, 5.74) is 7.16. The van der Waals surface area contributed by atoms with Gasteiger partial charge in [-0.25, -0.2) is 9.07 Å². The maximum absolute atomic E-state index is 13.5. The van der Waals surface area contributed by atoms with Crippen LogP contribution in [0.4, 0.5) is 10.1 Å². The van der Waals surface area contributed by atoms with E-state index in [9.17, 15) is 9.18 Å². The van der Waals surface area contributed by atoms with Gasteiger partial charge in [-0.2, -0.15) is 0 Å². The molecule has 1 aliphatic heterocycles. The molecule has 0 saturated heterocycles. The number of nitrogens with one attached hydrogen (secondary N) is 2. The number of rotatable bonds is 5. The third kappa shape index (κ3) is 3.92. The predicted octanol–water partition coefficient (Wildman–Crippen LogP) is 4.38. The summed E-state index contributed by atoms with van der Waals surface area (Å²) in [6.45, 7) is 6.08. The monoisotopic (exact) mass is 425 g/mol. The maximum Gasteiger partial charge on any atom is 0.240 e. The first-order valence-electron chi connectivity index (χ1n) is 9.98. The predicted molar refractivity (Wildman–Crippen MR) is 117 cm³/mol. The number of benzene rings is 2. The first-order valence-corrected chi connectivity index (χ1v) is 10.9. The second-order valence-corrected chi connectivity index (χ2v) is 8.53. The Morgan fingerprint density at radius 3 is 2.70 bits per heavy atom. The van der Waals surface area contributed by atoms with Gasteiger partial charge in [0.15, 0.2) is 5.82 Å². The molecule has 3 aromatic rings. The number of anilines is 1. The SMILES string of the molecule is CCCc1nnc2n1N[C@@H](c1ccc(F)cc1)[C@@H](C(=O)Nc1cccc(C)c1C)S2. The van der Waals surface area contributed by atoms with E-state index in [1.807, 2.05) is 36.7 Å². The van der Waals surface area contributed by atoms with Crippen LogP contribution in [0.3, 0.4) is 0 Å². The average Bonchev–Trinajstić information content (AvgIpc) is 3.13. The molecule has 2 heterocycles. The molecule has 2 N–H and O–H groups in total. The highest BCUT2D eigenvalue weighted by Crippen LogP contribution is 2.38. The maximum atomic E-state index is 13.5. The molecule has 30 heavy (non-hydrogen) atoms. The third-order valence-electron chi connectivity index (χ3n) is 5.33. The fourth-order valence-corrected chi connectivity index (χ4v) is 4.59. The molecule has 0 aliphatic carbocycles. The molecule has 0 bridgehead atoms. The Labute approximate surface area is 179 Å². The summed E-state index contributed by atoms with van der Waals surface area (Å²) in [4.78, 5) is 13.3. The summed E-state index contributed by atoms with van der Waals surface area (Å²) in [5, 5.41) is 11.7. The minimum atomic E-state index is -0.499. The van der Waals surface area contributed by atoms with Gasteiger partial charge in [-0.15, -0.1) is 10.2 Å². The molecular formula is C22H24FN5OS. The number of amides is 1. The van der Waals surface area contributed by atoms with Crippen LogP contribution in [0, 0.1) is 19.7 Å². The van der Waals surface area contributed by atoms with Gasteiger partial charge in [0, 0.05) is 12.1 Å². The van der Waals surface area contributed by atoms with Gasteiger partial charge in [0.1, 0.15) is 11.1 Å². The summed E-state index contributed by atoms with van der Waals surface area (Å²) in [6.07, 6.45) is 1.71. The van der Waals surface area contributed by atoms with Crippen LogP contribution in [-0.4, -0.2) is 26.0 Å². The molecule has 0 saturated carbocycles. The van der Waals surface area contributed by atoms with Gasteiger partial charge >= 0.3 is 0 Å². The van der Waals surface area contributed by atoms with E-state index < -0.39 is 5.25 Å². The number of carbonyl (C=O) groups excluding carboxylic acids is 1. The van der Waals surface area contributed by atoms with Crippen molar-refractivity contribution in [1.29, 1.82) is 0 Å². The summed E-state index contributed by atoms with van der Waals surface area (Å²) >= 11 is 1.37. The van der Waals surface area contributed by atoms with E-state index in [0.717, 1.165) is 41.0 Å². The molecule has 8 heteroatoms. The van der Waals surface area contributed by atoms with Gasteiger partial charge < -0.3 is 10.7 Å². The fourth-order valence-electron chi connectivity index (χ4n) is 3.49. The Balaban J connectivity index is 1.68.